The zero-order chi connectivity index (χ0) is 15.8. The largest absolute Gasteiger partial charge is 0.409 e. The number of nitrogens with one attached hydrogen (secondary N) is 1. The normalized spacial score (nSPS) is 11.5. The van der Waals surface area contributed by atoms with Crippen molar-refractivity contribution < 1.29 is 14.4 Å². The lowest BCUT2D eigenvalue weighted by molar-refractivity contribution is -0.129. The highest BCUT2D eigenvalue weighted by Crippen LogP contribution is 2.11. The van der Waals surface area contributed by atoms with Crippen LogP contribution in [0, 0.1) is 5.82 Å². The van der Waals surface area contributed by atoms with Gasteiger partial charge in [0.1, 0.15) is 5.82 Å². The molecular weight excluding hydrogens is 275 g/mol. The van der Waals surface area contributed by atoms with Crippen molar-refractivity contribution in [3.8, 4) is 0 Å². The lowest BCUT2D eigenvalue weighted by atomic mass is 10.1. The standard InChI is InChI=1S/C14H21FN4O2/c1-3-19(4-2)13(20)9-17-8-10-5-6-11(15)7-12(10)14(16)18-21/h5-7,17,21H,3-4,8-9H2,1-2H3,(H2,16,18). The van der Waals surface area contributed by atoms with Gasteiger partial charge in [0.25, 0.3) is 0 Å². The summed E-state index contributed by atoms with van der Waals surface area (Å²) in [5, 5.41) is 14.6. The molecule has 1 amide bonds. The summed E-state index contributed by atoms with van der Waals surface area (Å²) in [6.07, 6.45) is 0. The third-order valence-corrected chi connectivity index (χ3v) is 3.16. The molecule has 0 aliphatic rings. The van der Waals surface area contributed by atoms with E-state index in [-0.39, 0.29) is 18.3 Å². The van der Waals surface area contributed by atoms with E-state index in [9.17, 15) is 9.18 Å². The number of carbonyl (C=O) groups is 1. The third kappa shape index (κ3) is 4.71. The maximum absolute atomic E-state index is 13.2. The SMILES string of the molecule is CCN(CC)C(=O)CNCc1ccc(F)cc1/C(N)=N/O. The Balaban J connectivity index is 2.70. The Labute approximate surface area is 123 Å². The Hall–Kier alpha value is -2.15. The van der Waals surface area contributed by atoms with E-state index in [4.69, 9.17) is 10.9 Å². The van der Waals surface area contributed by atoms with E-state index < -0.39 is 5.82 Å². The molecule has 0 aliphatic heterocycles. The molecule has 0 aromatic heterocycles. The zero-order valence-electron chi connectivity index (χ0n) is 12.3. The summed E-state index contributed by atoms with van der Waals surface area (Å²) in [6, 6.07) is 4.02. The van der Waals surface area contributed by atoms with E-state index >= 15 is 0 Å². The van der Waals surface area contributed by atoms with Crippen LogP contribution >= 0.6 is 0 Å². The molecule has 1 aromatic carbocycles. The molecule has 116 valence electrons. The summed E-state index contributed by atoms with van der Waals surface area (Å²) >= 11 is 0. The average molecular weight is 296 g/mol. The zero-order valence-corrected chi connectivity index (χ0v) is 12.3. The van der Waals surface area contributed by atoms with Crippen molar-refractivity contribution in [3.63, 3.8) is 0 Å². The number of nitrogens with two attached hydrogens (primary N) is 1. The van der Waals surface area contributed by atoms with Crippen molar-refractivity contribution >= 4 is 11.7 Å². The van der Waals surface area contributed by atoms with E-state index in [1.165, 1.54) is 18.2 Å². The maximum atomic E-state index is 13.2. The second-order valence-electron chi connectivity index (χ2n) is 4.46. The minimum atomic E-state index is -0.473. The highest BCUT2D eigenvalue weighted by Gasteiger charge is 2.11. The number of benzene rings is 1. The van der Waals surface area contributed by atoms with Crippen molar-refractivity contribution in [2.24, 2.45) is 10.9 Å². The predicted octanol–water partition coefficient (Wildman–Crippen LogP) is 0.878. The van der Waals surface area contributed by atoms with Crippen LogP contribution in [0.1, 0.15) is 25.0 Å². The summed E-state index contributed by atoms with van der Waals surface area (Å²) in [5.41, 5.74) is 6.47. The van der Waals surface area contributed by atoms with Gasteiger partial charge >= 0.3 is 0 Å². The number of carbonyl (C=O) groups excluding carboxylic acids is 1. The first-order valence-corrected chi connectivity index (χ1v) is 6.78. The van der Waals surface area contributed by atoms with Gasteiger partial charge in [0.05, 0.1) is 6.54 Å². The van der Waals surface area contributed by atoms with Crippen LogP contribution < -0.4 is 11.1 Å². The fraction of sp³-hybridized carbons (Fsp3) is 0.429. The van der Waals surface area contributed by atoms with Crippen LogP contribution in [0.2, 0.25) is 0 Å². The Morgan fingerprint density at radius 2 is 2.10 bits per heavy atom. The number of halogens is 1. The van der Waals surface area contributed by atoms with Crippen LogP contribution in [0.5, 0.6) is 0 Å². The van der Waals surface area contributed by atoms with Crippen molar-refractivity contribution in [2.45, 2.75) is 20.4 Å². The van der Waals surface area contributed by atoms with E-state index in [1.807, 2.05) is 13.8 Å². The lowest BCUT2D eigenvalue weighted by Crippen LogP contribution is -2.37. The molecule has 0 unspecified atom stereocenters. The highest BCUT2D eigenvalue weighted by atomic mass is 19.1. The van der Waals surface area contributed by atoms with E-state index in [0.717, 1.165) is 0 Å². The molecule has 0 bridgehead atoms. The number of amidine groups is 1. The van der Waals surface area contributed by atoms with Crippen LogP contribution in [0.25, 0.3) is 0 Å². The topological polar surface area (TPSA) is 91.0 Å². The monoisotopic (exact) mass is 296 g/mol. The molecule has 21 heavy (non-hydrogen) atoms. The Morgan fingerprint density at radius 1 is 1.43 bits per heavy atom. The molecule has 7 heteroatoms. The van der Waals surface area contributed by atoms with Crippen LogP contribution in [0.15, 0.2) is 23.4 Å². The van der Waals surface area contributed by atoms with Gasteiger partial charge in [-0.25, -0.2) is 4.39 Å². The lowest BCUT2D eigenvalue weighted by Gasteiger charge is -2.19. The van der Waals surface area contributed by atoms with E-state index in [1.54, 1.807) is 4.90 Å². The van der Waals surface area contributed by atoms with Gasteiger partial charge in [-0.3, -0.25) is 4.79 Å². The quantitative estimate of drug-likeness (QED) is 0.301. The average Bonchev–Trinajstić information content (AvgIpc) is 2.49. The molecule has 6 nitrogen and oxygen atoms in total. The van der Waals surface area contributed by atoms with E-state index in [0.29, 0.717) is 30.8 Å². The fourth-order valence-electron chi connectivity index (χ4n) is 1.99. The summed E-state index contributed by atoms with van der Waals surface area (Å²) in [6.45, 7) is 5.63. The first-order valence-electron chi connectivity index (χ1n) is 6.78. The molecule has 0 aliphatic carbocycles. The van der Waals surface area contributed by atoms with Gasteiger partial charge < -0.3 is 21.2 Å². The first-order chi connectivity index (χ1) is 10.0. The highest BCUT2D eigenvalue weighted by molar-refractivity contribution is 5.98. The molecule has 0 radical (unpaired) electrons. The summed E-state index contributed by atoms with van der Waals surface area (Å²) in [5.74, 6) is -0.645. The third-order valence-electron chi connectivity index (χ3n) is 3.16. The van der Waals surface area contributed by atoms with Gasteiger partial charge in [-0.05, 0) is 31.5 Å². The second kappa shape index (κ2) is 8.21. The van der Waals surface area contributed by atoms with Crippen molar-refractivity contribution in [3.05, 3.63) is 35.1 Å². The number of oxime groups is 1. The van der Waals surface area contributed by atoms with Crippen molar-refractivity contribution in [1.82, 2.24) is 10.2 Å². The summed E-state index contributed by atoms with van der Waals surface area (Å²) in [4.78, 5) is 13.6. The molecule has 0 atom stereocenters. The van der Waals surface area contributed by atoms with Crippen LogP contribution in [-0.4, -0.2) is 41.5 Å². The van der Waals surface area contributed by atoms with E-state index in [2.05, 4.69) is 10.5 Å². The first kappa shape index (κ1) is 16.9. The number of rotatable bonds is 7. The Bertz CT molecular complexity index is 516. The van der Waals surface area contributed by atoms with Gasteiger partial charge in [-0.2, -0.15) is 0 Å². The number of hydrogen-bond donors (Lipinski definition) is 3. The molecule has 0 saturated carbocycles. The summed E-state index contributed by atoms with van der Waals surface area (Å²) < 4.78 is 13.2. The Morgan fingerprint density at radius 3 is 2.67 bits per heavy atom. The van der Waals surface area contributed by atoms with Crippen LogP contribution in [0.4, 0.5) is 4.39 Å². The maximum Gasteiger partial charge on any atom is 0.236 e. The fourth-order valence-corrected chi connectivity index (χ4v) is 1.99. The molecular formula is C14H21FN4O2. The van der Waals surface area contributed by atoms with Gasteiger partial charge in [-0.1, -0.05) is 11.2 Å². The van der Waals surface area contributed by atoms with Gasteiger partial charge in [0, 0.05) is 25.2 Å². The molecule has 0 heterocycles. The number of likely N-dealkylation sites (N-methyl/N-ethyl adjacent to an activating group) is 1. The molecule has 1 rings (SSSR count). The molecule has 0 saturated heterocycles. The number of amides is 1. The molecule has 0 fully saturated rings. The Kier molecular flexibility index (Phi) is 6.61. The molecule has 0 spiro atoms. The van der Waals surface area contributed by atoms with Gasteiger partial charge in [0.2, 0.25) is 5.91 Å². The number of hydrogen-bond acceptors (Lipinski definition) is 4. The second-order valence-corrected chi connectivity index (χ2v) is 4.46. The molecule has 1 aromatic rings. The van der Waals surface area contributed by atoms with Gasteiger partial charge in [-0.15, -0.1) is 0 Å². The van der Waals surface area contributed by atoms with Crippen LogP contribution in [-0.2, 0) is 11.3 Å². The van der Waals surface area contributed by atoms with Crippen LogP contribution in [0.3, 0.4) is 0 Å². The smallest absolute Gasteiger partial charge is 0.236 e. The van der Waals surface area contributed by atoms with Gasteiger partial charge in [0.15, 0.2) is 5.84 Å². The minimum Gasteiger partial charge on any atom is -0.409 e. The molecule has 4 N–H and O–H groups in total. The predicted molar refractivity (Wildman–Crippen MR) is 78.5 cm³/mol. The van der Waals surface area contributed by atoms with Crippen molar-refractivity contribution in [2.75, 3.05) is 19.6 Å². The number of nitrogens with zero attached hydrogens (tertiary/aromatic N) is 2. The van der Waals surface area contributed by atoms with Crippen molar-refractivity contribution in [1.29, 1.82) is 0 Å². The minimum absolute atomic E-state index is 0.00698. The summed E-state index contributed by atoms with van der Waals surface area (Å²) in [7, 11) is 0.